The maximum absolute atomic E-state index is 12.0. The van der Waals surface area contributed by atoms with Crippen LogP contribution in [0.25, 0.3) is 11.0 Å². The van der Waals surface area contributed by atoms with E-state index < -0.39 is 5.63 Å². The first-order chi connectivity index (χ1) is 10.1. The van der Waals surface area contributed by atoms with Gasteiger partial charge in [0.25, 0.3) is 0 Å². The van der Waals surface area contributed by atoms with Gasteiger partial charge in [0.15, 0.2) is 0 Å². The highest BCUT2D eigenvalue weighted by Crippen LogP contribution is 2.26. The molecule has 1 heterocycles. The van der Waals surface area contributed by atoms with E-state index in [0.29, 0.717) is 36.4 Å². The molecular weight excluding hydrogens is 270 g/mol. The number of rotatable bonds is 6. The summed E-state index contributed by atoms with van der Waals surface area (Å²) in [6.45, 7) is 5.48. The Bertz CT molecular complexity index is 703. The fraction of sp³-hybridized carbons (Fsp3) is 0.375. The molecule has 2 aromatic rings. The van der Waals surface area contributed by atoms with Crippen LogP contribution in [-0.4, -0.2) is 30.6 Å². The third-order valence-corrected chi connectivity index (χ3v) is 3.15. The van der Waals surface area contributed by atoms with Crippen molar-refractivity contribution in [2.45, 2.75) is 20.3 Å². The molecule has 0 spiro atoms. The first-order valence-electron chi connectivity index (χ1n) is 6.99. The summed E-state index contributed by atoms with van der Waals surface area (Å²) in [5.41, 5.74) is 0.402. The first kappa shape index (κ1) is 15.3. The van der Waals surface area contributed by atoms with Gasteiger partial charge in [-0.05, 0) is 32.4 Å². The van der Waals surface area contributed by atoms with Crippen molar-refractivity contribution < 1.29 is 14.3 Å². The molecule has 0 saturated heterocycles. The Morgan fingerprint density at radius 1 is 1.38 bits per heavy atom. The van der Waals surface area contributed by atoms with Gasteiger partial charge < -0.3 is 14.3 Å². The molecule has 112 valence electrons. The van der Waals surface area contributed by atoms with Gasteiger partial charge in [0, 0.05) is 19.8 Å². The summed E-state index contributed by atoms with van der Waals surface area (Å²) in [4.78, 5) is 16.3. The molecule has 5 heteroatoms. The van der Waals surface area contributed by atoms with Crippen LogP contribution in [0.5, 0.6) is 5.75 Å². The Balaban J connectivity index is 2.28. The molecule has 0 aliphatic heterocycles. The second-order valence-electron chi connectivity index (χ2n) is 4.63. The van der Waals surface area contributed by atoms with E-state index in [2.05, 4.69) is 4.99 Å². The number of hydrogen-bond acceptors (Lipinski definition) is 5. The summed E-state index contributed by atoms with van der Waals surface area (Å²) < 4.78 is 10.4. The lowest BCUT2D eigenvalue weighted by Gasteiger charge is -2.06. The molecule has 1 N–H and O–H groups in total. The summed E-state index contributed by atoms with van der Waals surface area (Å²) in [6, 6.07) is 6.88. The van der Waals surface area contributed by atoms with E-state index in [-0.39, 0.29) is 11.3 Å². The topological polar surface area (TPSA) is 72.0 Å². The van der Waals surface area contributed by atoms with Crippen LogP contribution in [0.15, 0.2) is 38.5 Å². The van der Waals surface area contributed by atoms with Crippen molar-refractivity contribution in [3.8, 4) is 5.75 Å². The van der Waals surface area contributed by atoms with E-state index in [4.69, 9.17) is 9.15 Å². The fourth-order valence-electron chi connectivity index (χ4n) is 2.09. The normalized spacial score (nSPS) is 12.0. The molecule has 2 rings (SSSR count). The lowest BCUT2D eigenvalue weighted by molar-refractivity contribution is 0.146. The molecule has 0 radical (unpaired) electrons. The molecule has 0 aliphatic rings. The Morgan fingerprint density at radius 3 is 2.90 bits per heavy atom. The highest BCUT2D eigenvalue weighted by atomic mass is 16.5. The van der Waals surface area contributed by atoms with Crippen LogP contribution >= 0.6 is 0 Å². The second kappa shape index (κ2) is 7.04. The summed E-state index contributed by atoms with van der Waals surface area (Å²) in [5, 5.41) is 10.8. The number of aromatic hydroxyl groups is 1. The van der Waals surface area contributed by atoms with Gasteiger partial charge in [-0.25, -0.2) is 4.79 Å². The Hall–Kier alpha value is -2.14. The number of fused-ring (bicyclic) bond motifs is 1. The van der Waals surface area contributed by atoms with Gasteiger partial charge in [-0.2, -0.15) is 0 Å². The Labute approximate surface area is 122 Å². The quantitative estimate of drug-likeness (QED) is 0.504. The van der Waals surface area contributed by atoms with Gasteiger partial charge >= 0.3 is 5.63 Å². The molecule has 0 aliphatic carbocycles. The number of para-hydroxylation sites is 1. The molecule has 1 aromatic carbocycles. The van der Waals surface area contributed by atoms with Crippen molar-refractivity contribution in [2.75, 3.05) is 19.8 Å². The summed E-state index contributed by atoms with van der Waals surface area (Å²) in [6.07, 6.45) is 0.769. The zero-order valence-corrected chi connectivity index (χ0v) is 12.3. The third-order valence-electron chi connectivity index (χ3n) is 3.15. The van der Waals surface area contributed by atoms with Crippen LogP contribution in [0.3, 0.4) is 0 Å². The molecule has 0 saturated carbocycles. The molecule has 1 aromatic heterocycles. The van der Waals surface area contributed by atoms with Crippen LogP contribution in [0.2, 0.25) is 0 Å². The van der Waals surface area contributed by atoms with Crippen LogP contribution in [-0.2, 0) is 4.74 Å². The number of nitrogens with zero attached hydrogens (tertiary/aromatic N) is 1. The average molecular weight is 289 g/mol. The van der Waals surface area contributed by atoms with Crippen molar-refractivity contribution in [2.24, 2.45) is 4.99 Å². The van der Waals surface area contributed by atoms with Crippen LogP contribution in [0.4, 0.5) is 0 Å². The van der Waals surface area contributed by atoms with Gasteiger partial charge in [-0.15, -0.1) is 0 Å². The maximum Gasteiger partial charge on any atom is 0.349 e. The average Bonchev–Trinajstić information content (AvgIpc) is 2.47. The Kier molecular flexibility index (Phi) is 5.11. The van der Waals surface area contributed by atoms with Gasteiger partial charge in [0.05, 0.1) is 11.1 Å². The molecule has 0 fully saturated rings. The predicted octanol–water partition coefficient (Wildman–Crippen LogP) is 2.73. The van der Waals surface area contributed by atoms with Gasteiger partial charge in [0.2, 0.25) is 0 Å². The second-order valence-corrected chi connectivity index (χ2v) is 4.63. The van der Waals surface area contributed by atoms with E-state index in [1.54, 1.807) is 31.2 Å². The maximum atomic E-state index is 12.0. The number of benzene rings is 1. The molecule has 21 heavy (non-hydrogen) atoms. The minimum absolute atomic E-state index is 0.0760. The monoisotopic (exact) mass is 289 g/mol. The van der Waals surface area contributed by atoms with Gasteiger partial charge in [-0.1, -0.05) is 12.1 Å². The molecule has 5 nitrogen and oxygen atoms in total. The molecule has 0 unspecified atom stereocenters. The van der Waals surface area contributed by atoms with E-state index >= 15 is 0 Å². The zero-order valence-electron chi connectivity index (χ0n) is 12.3. The molecular formula is C16H19NO4. The third kappa shape index (κ3) is 3.49. The largest absolute Gasteiger partial charge is 0.506 e. The van der Waals surface area contributed by atoms with Crippen LogP contribution in [0.1, 0.15) is 25.8 Å². The van der Waals surface area contributed by atoms with Crippen molar-refractivity contribution >= 4 is 16.7 Å². The minimum Gasteiger partial charge on any atom is -0.506 e. The number of ether oxygens (including phenoxy) is 1. The van der Waals surface area contributed by atoms with E-state index in [1.807, 2.05) is 6.92 Å². The molecule has 0 bridgehead atoms. The summed E-state index contributed by atoms with van der Waals surface area (Å²) in [5.74, 6) is -0.0760. The SMILES string of the molecule is CCOCCC/N=C(\C)c1c(O)c2ccccc2oc1=O. The Morgan fingerprint density at radius 2 is 2.14 bits per heavy atom. The van der Waals surface area contributed by atoms with Crippen molar-refractivity contribution in [3.63, 3.8) is 0 Å². The summed E-state index contributed by atoms with van der Waals surface area (Å²) in [7, 11) is 0. The zero-order chi connectivity index (χ0) is 15.2. The van der Waals surface area contributed by atoms with Gasteiger partial charge in [-0.3, -0.25) is 4.99 Å². The highest BCUT2D eigenvalue weighted by molar-refractivity contribution is 6.04. The first-order valence-corrected chi connectivity index (χ1v) is 6.99. The molecule has 0 atom stereocenters. The predicted molar refractivity (Wildman–Crippen MR) is 82.3 cm³/mol. The lowest BCUT2D eigenvalue weighted by Crippen LogP contribution is -2.13. The van der Waals surface area contributed by atoms with Crippen molar-refractivity contribution in [1.29, 1.82) is 0 Å². The van der Waals surface area contributed by atoms with Crippen molar-refractivity contribution in [1.82, 2.24) is 0 Å². The summed E-state index contributed by atoms with van der Waals surface area (Å²) >= 11 is 0. The lowest BCUT2D eigenvalue weighted by atomic mass is 10.1. The fourth-order valence-corrected chi connectivity index (χ4v) is 2.09. The van der Waals surface area contributed by atoms with Crippen LogP contribution < -0.4 is 5.63 Å². The number of hydrogen-bond donors (Lipinski definition) is 1. The van der Waals surface area contributed by atoms with Crippen molar-refractivity contribution in [3.05, 3.63) is 40.2 Å². The highest BCUT2D eigenvalue weighted by Gasteiger charge is 2.15. The van der Waals surface area contributed by atoms with Gasteiger partial charge in [0.1, 0.15) is 16.9 Å². The van der Waals surface area contributed by atoms with E-state index in [1.165, 1.54) is 0 Å². The minimum atomic E-state index is -0.572. The molecule has 0 amide bonds. The smallest absolute Gasteiger partial charge is 0.349 e. The van der Waals surface area contributed by atoms with Crippen LogP contribution in [0, 0.1) is 0 Å². The number of aliphatic imine (C=N–C) groups is 1. The van der Waals surface area contributed by atoms with E-state index in [0.717, 1.165) is 6.42 Å². The standard InChI is InChI=1S/C16H19NO4/c1-3-20-10-6-9-17-11(2)14-15(18)12-7-4-5-8-13(12)21-16(14)19/h4-5,7-8,18H,3,6,9-10H2,1-2H3/b17-11+. The van der Waals surface area contributed by atoms with E-state index in [9.17, 15) is 9.90 Å².